The van der Waals surface area contributed by atoms with Crippen LogP contribution in [0.3, 0.4) is 0 Å². The molecule has 0 saturated heterocycles. The fourth-order valence-corrected chi connectivity index (χ4v) is 3.36. The third-order valence-electron chi connectivity index (χ3n) is 4.65. The highest BCUT2D eigenvalue weighted by Gasteiger charge is 2.28. The predicted octanol–water partition coefficient (Wildman–Crippen LogP) is 4.78. The summed E-state index contributed by atoms with van der Waals surface area (Å²) >= 11 is 0. The van der Waals surface area contributed by atoms with E-state index >= 15 is 0 Å². The van der Waals surface area contributed by atoms with Crippen LogP contribution in [0.2, 0.25) is 0 Å². The minimum absolute atomic E-state index is 0.309. The quantitative estimate of drug-likeness (QED) is 0.849. The minimum atomic E-state index is 0.309. The molecule has 0 amide bonds. The average Bonchev–Trinajstić information content (AvgIpc) is 2.46. The molecule has 1 N–H and O–H groups in total. The van der Waals surface area contributed by atoms with Crippen LogP contribution >= 0.6 is 0 Å². The van der Waals surface area contributed by atoms with Gasteiger partial charge in [-0.05, 0) is 49.3 Å². The first-order valence-corrected chi connectivity index (χ1v) is 8.01. The molecule has 1 aliphatic carbocycles. The van der Waals surface area contributed by atoms with Crippen molar-refractivity contribution < 1.29 is 0 Å². The van der Waals surface area contributed by atoms with E-state index in [-0.39, 0.29) is 0 Å². The summed E-state index contributed by atoms with van der Waals surface area (Å²) in [6, 6.07) is 18.6. The summed E-state index contributed by atoms with van der Waals surface area (Å²) in [5.41, 5.74) is 5.49. The first-order chi connectivity index (χ1) is 10.1. The Labute approximate surface area is 128 Å². The van der Waals surface area contributed by atoms with Crippen LogP contribution in [0.15, 0.2) is 48.5 Å². The Balaban J connectivity index is 1.93. The van der Waals surface area contributed by atoms with Crippen molar-refractivity contribution >= 4 is 0 Å². The maximum Gasteiger partial charge on any atom is 0.0581 e. The molecule has 0 heterocycles. The van der Waals surface area contributed by atoms with E-state index in [2.05, 4.69) is 74.6 Å². The molecule has 1 nitrogen and oxygen atoms in total. The van der Waals surface area contributed by atoms with Crippen molar-refractivity contribution in [2.24, 2.45) is 5.92 Å². The summed E-state index contributed by atoms with van der Waals surface area (Å²) in [5.74, 6) is 0.873. The summed E-state index contributed by atoms with van der Waals surface area (Å²) in [5, 5.41) is 3.88. The van der Waals surface area contributed by atoms with Crippen molar-refractivity contribution in [2.45, 2.75) is 45.7 Å². The zero-order valence-electron chi connectivity index (χ0n) is 13.3. The monoisotopic (exact) mass is 279 g/mol. The zero-order chi connectivity index (χ0) is 14.8. The molecule has 0 bridgehead atoms. The van der Waals surface area contributed by atoms with E-state index in [0.29, 0.717) is 12.1 Å². The first kappa shape index (κ1) is 14.3. The summed E-state index contributed by atoms with van der Waals surface area (Å²) in [6.07, 6.45) is 2.60. The maximum absolute atomic E-state index is 3.88. The molecule has 1 unspecified atom stereocenters. The Morgan fingerprint density at radius 2 is 1.71 bits per heavy atom. The summed E-state index contributed by atoms with van der Waals surface area (Å²) in [6.45, 7) is 6.74. The Bertz CT molecular complexity index is 596. The van der Waals surface area contributed by atoms with Gasteiger partial charge in [0.2, 0.25) is 0 Å². The smallest absolute Gasteiger partial charge is 0.0581 e. The molecule has 0 spiro atoms. The average molecular weight is 279 g/mol. The zero-order valence-corrected chi connectivity index (χ0v) is 13.3. The molecule has 0 aromatic heterocycles. The van der Waals surface area contributed by atoms with Gasteiger partial charge in [0.1, 0.15) is 0 Å². The lowest BCUT2D eigenvalue weighted by Gasteiger charge is -2.37. The molecule has 2 aromatic rings. The van der Waals surface area contributed by atoms with E-state index in [1.807, 2.05) is 0 Å². The van der Waals surface area contributed by atoms with E-state index in [1.165, 1.54) is 35.1 Å². The highest BCUT2D eigenvalue weighted by molar-refractivity contribution is 5.39. The SMILES string of the molecule is Cc1ccc(C)c(C(NC2CC(C)C2)c2ccccc2)c1. The predicted molar refractivity (Wildman–Crippen MR) is 89.5 cm³/mol. The third kappa shape index (κ3) is 3.19. The largest absolute Gasteiger partial charge is 0.303 e. The molecular formula is C20H25N. The number of nitrogens with one attached hydrogen (secondary N) is 1. The molecule has 21 heavy (non-hydrogen) atoms. The number of hydrogen-bond donors (Lipinski definition) is 1. The lowest BCUT2D eigenvalue weighted by Crippen LogP contribution is -2.42. The highest BCUT2D eigenvalue weighted by atomic mass is 15.0. The van der Waals surface area contributed by atoms with E-state index < -0.39 is 0 Å². The molecular weight excluding hydrogens is 254 g/mol. The van der Waals surface area contributed by atoms with Crippen LogP contribution in [0.1, 0.15) is 48.1 Å². The molecule has 0 radical (unpaired) electrons. The second kappa shape index (κ2) is 6.03. The van der Waals surface area contributed by atoms with Crippen LogP contribution in [-0.2, 0) is 0 Å². The van der Waals surface area contributed by atoms with Gasteiger partial charge >= 0.3 is 0 Å². The van der Waals surface area contributed by atoms with E-state index in [0.717, 1.165) is 5.92 Å². The lowest BCUT2D eigenvalue weighted by molar-refractivity contribution is 0.230. The van der Waals surface area contributed by atoms with Gasteiger partial charge in [-0.1, -0.05) is 61.0 Å². The molecule has 3 rings (SSSR count). The van der Waals surface area contributed by atoms with Crippen LogP contribution in [0.5, 0.6) is 0 Å². The molecule has 110 valence electrons. The van der Waals surface area contributed by atoms with E-state index in [4.69, 9.17) is 0 Å². The van der Waals surface area contributed by atoms with Crippen molar-refractivity contribution in [3.63, 3.8) is 0 Å². The van der Waals surface area contributed by atoms with E-state index in [1.54, 1.807) is 0 Å². The Morgan fingerprint density at radius 1 is 1.00 bits per heavy atom. The second-order valence-electron chi connectivity index (χ2n) is 6.64. The molecule has 1 atom stereocenters. The van der Waals surface area contributed by atoms with Crippen LogP contribution in [-0.4, -0.2) is 6.04 Å². The summed E-state index contributed by atoms with van der Waals surface area (Å²) in [4.78, 5) is 0. The van der Waals surface area contributed by atoms with Crippen LogP contribution in [0, 0.1) is 19.8 Å². The molecule has 2 aromatic carbocycles. The molecule has 1 saturated carbocycles. The van der Waals surface area contributed by atoms with Crippen molar-refractivity contribution in [1.29, 1.82) is 0 Å². The van der Waals surface area contributed by atoms with Crippen molar-refractivity contribution in [3.8, 4) is 0 Å². The molecule has 1 aliphatic rings. The summed E-state index contributed by atoms with van der Waals surface area (Å²) < 4.78 is 0. The van der Waals surface area contributed by atoms with Crippen molar-refractivity contribution in [2.75, 3.05) is 0 Å². The van der Waals surface area contributed by atoms with Gasteiger partial charge in [0.05, 0.1) is 6.04 Å². The molecule has 1 fully saturated rings. The van der Waals surface area contributed by atoms with E-state index in [9.17, 15) is 0 Å². The number of benzene rings is 2. The van der Waals surface area contributed by atoms with Crippen molar-refractivity contribution in [1.82, 2.24) is 5.32 Å². The van der Waals surface area contributed by atoms with Crippen LogP contribution < -0.4 is 5.32 Å². The summed E-state index contributed by atoms with van der Waals surface area (Å²) in [7, 11) is 0. The normalized spacial score (nSPS) is 22.6. The van der Waals surface area contributed by atoms with Crippen LogP contribution in [0.4, 0.5) is 0 Å². The van der Waals surface area contributed by atoms with Gasteiger partial charge in [-0.15, -0.1) is 0 Å². The van der Waals surface area contributed by atoms with Gasteiger partial charge in [-0.25, -0.2) is 0 Å². The van der Waals surface area contributed by atoms with Gasteiger partial charge in [0, 0.05) is 6.04 Å². The number of aryl methyl sites for hydroxylation is 2. The topological polar surface area (TPSA) is 12.0 Å². The van der Waals surface area contributed by atoms with Gasteiger partial charge in [0.15, 0.2) is 0 Å². The van der Waals surface area contributed by atoms with Gasteiger partial charge < -0.3 is 5.32 Å². The molecule has 1 heteroatoms. The fraction of sp³-hybridized carbons (Fsp3) is 0.400. The fourth-order valence-electron chi connectivity index (χ4n) is 3.36. The number of hydrogen-bond acceptors (Lipinski definition) is 1. The van der Waals surface area contributed by atoms with Gasteiger partial charge in [-0.2, -0.15) is 0 Å². The number of rotatable bonds is 4. The standard InChI is InChI=1S/C20H25N/c1-14-9-10-16(3)19(13-14)20(17-7-5-4-6-8-17)21-18-11-15(2)12-18/h4-10,13,15,18,20-21H,11-12H2,1-3H3. The Morgan fingerprint density at radius 3 is 2.38 bits per heavy atom. The van der Waals surface area contributed by atoms with Gasteiger partial charge in [-0.3, -0.25) is 0 Å². The first-order valence-electron chi connectivity index (χ1n) is 8.01. The van der Waals surface area contributed by atoms with Crippen molar-refractivity contribution in [3.05, 3.63) is 70.8 Å². The maximum atomic E-state index is 3.88. The lowest BCUT2D eigenvalue weighted by atomic mass is 9.80. The Hall–Kier alpha value is -1.60. The van der Waals surface area contributed by atoms with Crippen LogP contribution in [0.25, 0.3) is 0 Å². The molecule has 0 aliphatic heterocycles. The Kier molecular flexibility index (Phi) is 4.12. The second-order valence-corrected chi connectivity index (χ2v) is 6.64. The minimum Gasteiger partial charge on any atom is -0.303 e. The van der Waals surface area contributed by atoms with Gasteiger partial charge in [0.25, 0.3) is 0 Å². The highest BCUT2D eigenvalue weighted by Crippen LogP contribution is 2.32. The third-order valence-corrected chi connectivity index (χ3v) is 4.65.